The molecule has 0 spiro atoms. The van der Waals surface area contributed by atoms with E-state index in [4.69, 9.17) is 0 Å². The van der Waals surface area contributed by atoms with Gasteiger partial charge in [0.25, 0.3) is 5.91 Å². The molecule has 4 heteroatoms. The molecule has 2 N–H and O–H groups in total. The van der Waals surface area contributed by atoms with Crippen molar-refractivity contribution in [3.63, 3.8) is 0 Å². The third-order valence-corrected chi connectivity index (χ3v) is 4.04. The van der Waals surface area contributed by atoms with Gasteiger partial charge in [-0.05, 0) is 30.2 Å². The van der Waals surface area contributed by atoms with Crippen LogP contribution in [0.25, 0.3) is 10.9 Å². The van der Waals surface area contributed by atoms with Gasteiger partial charge in [-0.15, -0.1) is 0 Å². The number of aromatic amines is 1. The molecular weight excluding hydrogens is 262 g/mol. The van der Waals surface area contributed by atoms with E-state index in [0.717, 1.165) is 12.8 Å². The normalized spacial score (nSPS) is 16.9. The second-order valence-electron chi connectivity index (χ2n) is 5.42. The highest BCUT2D eigenvalue weighted by Crippen LogP contribution is 2.29. The monoisotopic (exact) mass is 277 g/mol. The minimum Gasteiger partial charge on any atom is -0.358 e. The zero-order valence-corrected chi connectivity index (χ0v) is 11.5. The van der Waals surface area contributed by atoms with Crippen molar-refractivity contribution in [3.05, 3.63) is 65.6 Å². The standard InChI is InChI=1S/C17H15N3O/c21-17(15-7-3-4-8-18-15)19-11-9-13-12-5-1-2-6-14(12)20-16(13)10-11/h1-8,11,20H,9-10H2,(H,19,21). The Morgan fingerprint density at radius 2 is 2.00 bits per heavy atom. The summed E-state index contributed by atoms with van der Waals surface area (Å²) >= 11 is 0. The summed E-state index contributed by atoms with van der Waals surface area (Å²) in [6.45, 7) is 0. The number of hydrogen-bond donors (Lipinski definition) is 2. The van der Waals surface area contributed by atoms with Crippen LogP contribution >= 0.6 is 0 Å². The number of H-pyrrole nitrogens is 1. The van der Waals surface area contributed by atoms with Gasteiger partial charge in [0.1, 0.15) is 5.69 Å². The van der Waals surface area contributed by atoms with Crippen LogP contribution in [-0.2, 0) is 12.8 Å². The molecule has 0 bridgehead atoms. The van der Waals surface area contributed by atoms with Crippen molar-refractivity contribution in [3.8, 4) is 0 Å². The molecule has 21 heavy (non-hydrogen) atoms. The van der Waals surface area contributed by atoms with Gasteiger partial charge in [0, 0.05) is 35.3 Å². The molecule has 1 aliphatic rings. The Bertz CT molecular complexity index is 807. The molecule has 0 saturated carbocycles. The molecule has 104 valence electrons. The fourth-order valence-electron chi connectivity index (χ4n) is 3.09. The molecule has 4 rings (SSSR count). The Balaban J connectivity index is 1.53. The summed E-state index contributed by atoms with van der Waals surface area (Å²) in [5.41, 5.74) is 4.22. The minimum absolute atomic E-state index is 0.102. The highest BCUT2D eigenvalue weighted by Gasteiger charge is 2.26. The lowest BCUT2D eigenvalue weighted by molar-refractivity contribution is 0.0933. The molecule has 0 aliphatic heterocycles. The number of nitrogens with one attached hydrogen (secondary N) is 2. The summed E-state index contributed by atoms with van der Waals surface area (Å²) in [6.07, 6.45) is 3.36. The fraction of sp³-hybridized carbons (Fsp3) is 0.176. The summed E-state index contributed by atoms with van der Waals surface area (Å²) in [5.74, 6) is -0.102. The van der Waals surface area contributed by atoms with Crippen molar-refractivity contribution in [1.29, 1.82) is 0 Å². The van der Waals surface area contributed by atoms with Crippen LogP contribution in [0, 0.1) is 0 Å². The van der Waals surface area contributed by atoms with Gasteiger partial charge in [-0.2, -0.15) is 0 Å². The zero-order chi connectivity index (χ0) is 14.2. The number of carbonyl (C=O) groups excluding carboxylic acids is 1. The van der Waals surface area contributed by atoms with E-state index in [1.165, 1.54) is 22.2 Å². The molecular formula is C17H15N3O. The summed E-state index contributed by atoms with van der Waals surface area (Å²) in [4.78, 5) is 19.7. The smallest absolute Gasteiger partial charge is 0.270 e. The van der Waals surface area contributed by atoms with Gasteiger partial charge in [-0.25, -0.2) is 0 Å². The SMILES string of the molecule is O=C(NC1Cc2[nH]c3ccccc3c2C1)c1ccccn1. The predicted molar refractivity (Wildman–Crippen MR) is 81.2 cm³/mol. The molecule has 1 amide bonds. The third-order valence-electron chi connectivity index (χ3n) is 4.04. The second-order valence-corrected chi connectivity index (χ2v) is 5.42. The maximum Gasteiger partial charge on any atom is 0.270 e. The summed E-state index contributed by atoms with van der Waals surface area (Å²) in [5, 5.41) is 4.34. The van der Waals surface area contributed by atoms with Crippen molar-refractivity contribution in [1.82, 2.24) is 15.3 Å². The molecule has 0 saturated heterocycles. The lowest BCUT2D eigenvalue weighted by atomic mass is 10.1. The number of fused-ring (bicyclic) bond motifs is 3. The number of para-hydroxylation sites is 1. The third kappa shape index (κ3) is 2.09. The largest absolute Gasteiger partial charge is 0.358 e. The van der Waals surface area contributed by atoms with Crippen molar-refractivity contribution >= 4 is 16.8 Å². The number of benzene rings is 1. The second kappa shape index (κ2) is 4.74. The topological polar surface area (TPSA) is 57.8 Å². The number of aromatic nitrogens is 2. The van der Waals surface area contributed by atoms with Crippen LogP contribution in [0.3, 0.4) is 0 Å². The number of rotatable bonds is 2. The van der Waals surface area contributed by atoms with Gasteiger partial charge in [-0.3, -0.25) is 9.78 Å². The van der Waals surface area contributed by atoms with Crippen LogP contribution < -0.4 is 5.32 Å². The van der Waals surface area contributed by atoms with Gasteiger partial charge < -0.3 is 10.3 Å². The maximum absolute atomic E-state index is 12.2. The number of pyridine rings is 1. The first-order valence-corrected chi connectivity index (χ1v) is 7.11. The average molecular weight is 277 g/mol. The van der Waals surface area contributed by atoms with Gasteiger partial charge in [0.2, 0.25) is 0 Å². The van der Waals surface area contributed by atoms with Gasteiger partial charge in [0.15, 0.2) is 0 Å². The quantitative estimate of drug-likeness (QED) is 0.756. The molecule has 0 radical (unpaired) electrons. The Kier molecular flexibility index (Phi) is 2.74. The summed E-state index contributed by atoms with van der Waals surface area (Å²) < 4.78 is 0. The number of nitrogens with zero attached hydrogens (tertiary/aromatic N) is 1. The van der Waals surface area contributed by atoms with Crippen LogP contribution in [0.4, 0.5) is 0 Å². The van der Waals surface area contributed by atoms with Crippen LogP contribution in [0.5, 0.6) is 0 Å². The molecule has 3 aromatic rings. The highest BCUT2D eigenvalue weighted by molar-refractivity contribution is 5.92. The van der Waals surface area contributed by atoms with Crippen molar-refractivity contribution in [2.24, 2.45) is 0 Å². The van der Waals surface area contributed by atoms with Crippen LogP contribution in [0.2, 0.25) is 0 Å². The van der Waals surface area contributed by atoms with Gasteiger partial charge in [-0.1, -0.05) is 24.3 Å². The lowest BCUT2D eigenvalue weighted by Crippen LogP contribution is -2.35. The first-order chi connectivity index (χ1) is 10.3. The van der Waals surface area contributed by atoms with Crippen molar-refractivity contribution in [2.75, 3.05) is 0 Å². The Labute approximate surface area is 122 Å². The molecule has 2 heterocycles. The first-order valence-electron chi connectivity index (χ1n) is 7.11. The van der Waals surface area contributed by atoms with E-state index >= 15 is 0 Å². The van der Waals surface area contributed by atoms with E-state index in [1.807, 2.05) is 18.2 Å². The molecule has 1 aromatic carbocycles. The minimum atomic E-state index is -0.102. The van der Waals surface area contributed by atoms with Crippen LogP contribution in [-0.4, -0.2) is 21.9 Å². The molecule has 1 unspecified atom stereocenters. The molecule has 0 fully saturated rings. The Morgan fingerprint density at radius 3 is 2.86 bits per heavy atom. The zero-order valence-electron chi connectivity index (χ0n) is 11.5. The number of hydrogen-bond acceptors (Lipinski definition) is 2. The predicted octanol–water partition coefficient (Wildman–Crippen LogP) is 2.46. The Morgan fingerprint density at radius 1 is 1.14 bits per heavy atom. The summed E-state index contributed by atoms with van der Waals surface area (Å²) in [7, 11) is 0. The molecule has 4 nitrogen and oxygen atoms in total. The van der Waals surface area contributed by atoms with E-state index < -0.39 is 0 Å². The van der Waals surface area contributed by atoms with Gasteiger partial charge in [0.05, 0.1) is 0 Å². The van der Waals surface area contributed by atoms with Crippen LogP contribution in [0.1, 0.15) is 21.7 Å². The van der Waals surface area contributed by atoms with Crippen LogP contribution in [0.15, 0.2) is 48.7 Å². The first kappa shape index (κ1) is 12.1. The maximum atomic E-state index is 12.2. The molecule has 2 aromatic heterocycles. The molecule has 1 atom stereocenters. The van der Waals surface area contributed by atoms with E-state index in [9.17, 15) is 4.79 Å². The van der Waals surface area contributed by atoms with Crippen molar-refractivity contribution in [2.45, 2.75) is 18.9 Å². The Hall–Kier alpha value is -2.62. The van der Waals surface area contributed by atoms with E-state index in [-0.39, 0.29) is 11.9 Å². The lowest BCUT2D eigenvalue weighted by Gasteiger charge is -2.12. The number of carbonyl (C=O) groups is 1. The average Bonchev–Trinajstić information content (AvgIpc) is 3.05. The van der Waals surface area contributed by atoms with E-state index in [0.29, 0.717) is 5.69 Å². The number of amides is 1. The van der Waals surface area contributed by atoms with E-state index in [2.05, 4.69) is 33.5 Å². The van der Waals surface area contributed by atoms with Crippen molar-refractivity contribution < 1.29 is 4.79 Å². The van der Waals surface area contributed by atoms with E-state index in [1.54, 1.807) is 12.3 Å². The highest BCUT2D eigenvalue weighted by atomic mass is 16.1. The molecule has 1 aliphatic carbocycles. The van der Waals surface area contributed by atoms with Gasteiger partial charge >= 0.3 is 0 Å². The fourth-order valence-corrected chi connectivity index (χ4v) is 3.09. The summed E-state index contributed by atoms with van der Waals surface area (Å²) in [6, 6.07) is 13.8.